The number of nitrogens with zero attached hydrogens (tertiary/aromatic N) is 3. The normalized spacial score (nSPS) is 17.5. The first-order valence-corrected chi connectivity index (χ1v) is 11.8. The lowest BCUT2D eigenvalue weighted by molar-refractivity contribution is -0.123. The molecule has 1 unspecified atom stereocenters. The van der Waals surface area contributed by atoms with Crippen LogP contribution in [0.1, 0.15) is 66.2 Å². The molecule has 29 heavy (non-hydrogen) atoms. The fraction of sp³-hybridized carbons (Fsp3) is 0.909. The summed E-state index contributed by atoms with van der Waals surface area (Å²) in [6.45, 7) is 17.0. The first-order chi connectivity index (χ1) is 14.0. The minimum absolute atomic E-state index is 0.0820. The number of nitrogens with one attached hydrogen (secondary N) is 2. The van der Waals surface area contributed by atoms with E-state index in [2.05, 4.69) is 48.1 Å². The fourth-order valence-corrected chi connectivity index (χ4v) is 3.87. The van der Waals surface area contributed by atoms with Crippen LogP contribution in [0.3, 0.4) is 0 Å². The summed E-state index contributed by atoms with van der Waals surface area (Å²) in [4.78, 5) is 20.9. The standard InChI is InChI=1S/C22H46N6O/c1-5-24-22(26-19(4)11-10-16-27(6-2)7-3)25-14-8-9-15-28-17-12-20(13-18-28)21(23)29/h19-20H,5-18H2,1-4H3,(H2,23,29)(H2,24,25,26). The minimum atomic E-state index is -0.135. The van der Waals surface area contributed by atoms with Crippen LogP contribution in [0.2, 0.25) is 0 Å². The van der Waals surface area contributed by atoms with Crippen molar-refractivity contribution in [1.29, 1.82) is 0 Å². The van der Waals surface area contributed by atoms with E-state index in [0.717, 1.165) is 83.9 Å². The van der Waals surface area contributed by atoms with Crippen LogP contribution >= 0.6 is 0 Å². The highest BCUT2D eigenvalue weighted by atomic mass is 16.1. The predicted octanol–water partition coefficient (Wildman–Crippen LogP) is 2.03. The van der Waals surface area contributed by atoms with Gasteiger partial charge in [-0.1, -0.05) is 13.8 Å². The van der Waals surface area contributed by atoms with Gasteiger partial charge in [-0.05, 0) is 91.6 Å². The second-order valence-electron chi connectivity index (χ2n) is 8.20. The number of unbranched alkanes of at least 4 members (excludes halogenated alkanes) is 1. The maximum Gasteiger partial charge on any atom is 0.220 e. The number of carbonyl (C=O) groups excluding carboxylic acids is 1. The Bertz CT molecular complexity index is 458. The van der Waals surface area contributed by atoms with Crippen molar-refractivity contribution >= 4 is 11.9 Å². The van der Waals surface area contributed by atoms with Gasteiger partial charge in [0.05, 0.1) is 0 Å². The fourth-order valence-electron chi connectivity index (χ4n) is 3.87. The van der Waals surface area contributed by atoms with E-state index in [1.54, 1.807) is 0 Å². The van der Waals surface area contributed by atoms with Gasteiger partial charge in [-0.15, -0.1) is 0 Å². The topological polar surface area (TPSA) is 86.0 Å². The quantitative estimate of drug-likeness (QED) is 0.232. The van der Waals surface area contributed by atoms with Gasteiger partial charge in [-0.2, -0.15) is 0 Å². The second-order valence-corrected chi connectivity index (χ2v) is 8.20. The van der Waals surface area contributed by atoms with Crippen LogP contribution in [0.4, 0.5) is 0 Å². The Morgan fingerprint density at radius 2 is 1.86 bits per heavy atom. The smallest absolute Gasteiger partial charge is 0.220 e. The van der Waals surface area contributed by atoms with Gasteiger partial charge in [0.2, 0.25) is 5.91 Å². The van der Waals surface area contributed by atoms with Gasteiger partial charge in [0.15, 0.2) is 5.96 Å². The van der Waals surface area contributed by atoms with E-state index in [4.69, 9.17) is 10.7 Å². The zero-order valence-corrected chi connectivity index (χ0v) is 19.4. The van der Waals surface area contributed by atoms with E-state index < -0.39 is 0 Å². The van der Waals surface area contributed by atoms with Gasteiger partial charge in [0, 0.05) is 25.0 Å². The number of aliphatic imine (C=N–C) groups is 1. The zero-order chi connectivity index (χ0) is 21.5. The lowest BCUT2D eigenvalue weighted by Gasteiger charge is -2.30. The second kappa shape index (κ2) is 15.5. The maximum absolute atomic E-state index is 11.2. The lowest BCUT2D eigenvalue weighted by atomic mass is 9.96. The Morgan fingerprint density at radius 3 is 2.45 bits per heavy atom. The summed E-state index contributed by atoms with van der Waals surface area (Å²) < 4.78 is 0. The van der Waals surface area contributed by atoms with Crippen molar-refractivity contribution in [3.05, 3.63) is 0 Å². The molecule has 7 nitrogen and oxygen atoms in total. The summed E-state index contributed by atoms with van der Waals surface area (Å²) >= 11 is 0. The van der Waals surface area contributed by atoms with Gasteiger partial charge >= 0.3 is 0 Å². The van der Waals surface area contributed by atoms with Crippen LogP contribution in [-0.4, -0.2) is 80.1 Å². The monoisotopic (exact) mass is 410 g/mol. The van der Waals surface area contributed by atoms with Crippen LogP contribution in [0.15, 0.2) is 4.99 Å². The number of piperidine rings is 1. The average molecular weight is 411 g/mol. The molecule has 0 radical (unpaired) electrons. The Balaban J connectivity index is 2.22. The largest absolute Gasteiger partial charge is 0.369 e. The molecule has 1 heterocycles. The van der Waals surface area contributed by atoms with Crippen molar-refractivity contribution in [3.63, 3.8) is 0 Å². The number of guanidine groups is 1. The molecule has 1 saturated heterocycles. The first-order valence-electron chi connectivity index (χ1n) is 11.8. The molecule has 1 aliphatic rings. The highest BCUT2D eigenvalue weighted by molar-refractivity contribution is 5.80. The number of amides is 1. The molecule has 1 rings (SSSR count). The maximum atomic E-state index is 11.2. The van der Waals surface area contributed by atoms with Gasteiger partial charge in [0.25, 0.3) is 0 Å². The number of carbonyl (C=O) groups is 1. The van der Waals surface area contributed by atoms with Crippen molar-refractivity contribution < 1.29 is 4.79 Å². The summed E-state index contributed by atoms with van der Waals surface area (Å²) in [5.74, 6) is 0.883. The Hall–Kier alpha value is -1.34. The molecule has 7 heteroatoms. The average Bonchev–Trinajstić information content (AvgIpc) is 2.71. The predicted molar refractivity (Wildman–Crippen MR) is 123 cm³/mol. The third-order valence-corrected chi connectivity index (χ3v) is 5.88. The molecule has 1 amide bonds. The molecule has 170 valence electrons. The van der Waals surface area contributed by atoms with Crippen LogP contribution in [-0.2, 0) is 4.79 Å². The number of nitrogens with two attached hydrogens (primary N) is 1. The number of primary amides is 1. The number of hydrogen-bond donors (Lipinski definition) is 3. The molecular weight excluding hydrogens is 364 g/mol. The van der Waals surface area contributed by atoms with Crippen molar-refractivity contribution in [3.8, 4) is 0 Å². The molecule has 0 bridgehead atoms. The minimum Gasteiger partial charge on any atom is -0.369 e. The third kappa shape index (κ3) is 11.4. The summed E-state index contributed by atoms with van der Waals surface area (Å²) in [7, 11) is 0. The third-order valence-electron chi connectivity index (χ3n) is 5.88. The van der Waals surface area contributed by atoms with Crippen LogP contribution < -0.4 is 16.4 Å². The molecule has 0 spiro atoms. The molecule has 4 N–H and O–H groups in total. The summed E-state index contributed by atoms with van der Waals surface area (Å²) in [5.41, 5.74) is 5.41. The van der Waals surface area contributed by atoms with Gasteiger partial charge in [-0.25, -0.2) is 0 Å². The van der Waals surface area contributed by atoms with Crippen molar-refractivity contribution in [2.75, 3.05) is 52.4 Å². The van der Waals surface area contributed by atoms with E-state index in [-0.39, 0.29) is 11.8 Å². The van der Waals surface area contributed by atoms with Gasteiger partial charge in [-0.3, -0.25) is 9.79 Å². The van der Waals surface area contributed by atoms with E-state index in [0.29, 0.717) is 6.04 Å². The highest BCUT2D eigenvalue weighted by Crippen LogP contribution is 2.16. The summed E-state index contributed by atoms with van der Waals surface area (Å²) in [6.07, 6.45) is 6.42. The van der Waals surface area contributed by atoms with E-state index in [1.165, 1.54) is 13.0 Å². The van der Waals surface area contributed by atoms with Crippen molar-refractivity contribution in [2.24, 2.45) is 16.6 Å². The molecule has 0 saturated carbocycles. The molecular formula is C22H46N6O. The number of likely N-dealkylation sites (tertiary alicyclic amines) is 1. The lowest BCUT2D eigenvalue weighted by Crippen LogP contribution is -2.42. The molecule has 1 fully saturated rings. The molecule has 0 aliphatic carbocycles. The SMILES string of the molecule is CCNC(=NCCCCN1CCC(C(N)=O)CC1)NC(C)CCCN(CC)CC. The Kier molecular flexibility index (Phi) is 13.7. The molecule has 0 aromatic carbocycles. The van der Waals surface area contributed by atoms with Crippen LogP contribution in [0.5, 0.6) is 0 Å². The molecule has 1 aliphatic heterocycles. The Morgan fingerprint density at radius 1 is 1.17 bits per heavy atom. The van der Waals surface area contributed by atoms with Crippen molar-refractivity contribution in [1.82, 2.24) is 20.4 Å². The summed E-state index contributed by atoms with van der Waals surface area (Å²) in [5, 5.41) is 6.91. The summed E-state index contributed by atoms with van der Waals surface area (Å²) in [6, 6.07) is 0.426. The van der Waals surface area contributed by atoms with Gasteiger partial charge in [0.1, 0.15) is 0 Å². The first kappa shape index (κ1) is 25.7. The Labute approximate surface area is 178 Å². The molecule has 0 aromatic rings. The number of rotatable bonds is 14. The van der Waals surface area contributed by atoms with E-state index in [1.807, 2.05) is 0 Å². The highest BCUT2D eigenvalue weighted by Gasteiger charge is 2.22. The number of hydrogen-bond acceptors (Lipinski definition) is 4. The molecule has 0 aromatic heterocycles. The van der Waals surface area contributed by atoms with Gasteiger partial charge < -0.3 is 26.2 Å². The zero-order valence-electron chi connectivity index (χ0n) is 19.4. The van der Waals surface area contributed by atoms with Crippen LogP contribution in [0, 0.1) is 5.92 Å². The van der Waals surface area contributed by atoms with E-state index >= 15 is 0 Å². The van der Waals surface area contributed by atoms with Crippen LogP contribution in [0.25, 0.3) is 0 Å². The van der Waals surface area contributed by atoms with Crippen molar-refractivity contribution in [2.45, 2.75) is 72.3 Å². The van der Waals surface area contributed by atoms with E-state index in [9.17, 15) is 4.79 Å². The molecule has 1 atom stereocenters.